The monoisotopic (exact) mass is 426 g/mol. The topological polar surface area (TPSA) is 51.5 Å². The molecule has 0 N–H and O–H groups in total. The van der Waals surface area contributed by atoms with Crippen molar-refractivity contribution in [1.29, 1.82) is 0 Å². The first-order valence-electron chi connectivity index (χ1n) is 10.8. The van der Waals surface area contributed by atoms with Crippen LogP contribution in [0, 0.1) is 0 Å². The Kier molecular flexibility index (Phi) is 6.08. The van der Waals surface area contributed by atoms with Gasteiger partial charge in [-0.2, -0.15) is 0 Å². The number of aromatic nitrogens is 1. The predicted molar refractivity (Wildman–Crippen MR) is 129 cm³/mol. The number of carbonyl (C=O) groups excluding carboxylic acids is 1. The van der Waals surface area contributed by atoms with Crippen molar-refractivity contribution in [3.8, 4) is 11.4 Å². The Bertz CT molecular complexity index is 1340. The molecule has 0 aliphatic heterocycles. The maximum absolute atomic E-state index is 13.9. The van der Waals surface area contributed by atoms with Crippen LogP contribution in [0.15, 0.2) is 83.8 Å². The summed E-state index contributed by atoms with van der Waals surface area (Å²) in [7, 11) is 1.58. The Morgan fingerprint density at radius 1 is 0.938 bits per heavy atom. The van der Waals surface area contributed by atoms with Crippen LogP contribution >= 0.6 is 0 Å². The zero-order valence-electron chi connectivity index (χ0n) is 18.5. The number of hydrogen-bond donors (Lipinski definition) is 0. The van der Waals surface area contributed by atoms with E-state index in [9.17, 15) is 9.59 Å². The van der Waals surface area contributed by atoms with E-state index in [0.717, 1.165) is 17.7 Å². The molecule has 1 heterocycles. The highest BCUT2D eigenvalue weighted by atomic mass is 16.5. The lowest BCUT2D eigenvalue weighted by Crippen LogP contribution is -2.33. The Labute approximate surface area is 187 Å². The van der Waals surface area contributed by atoms with Gasteiger partial charge >= 0.3 is 0 Å². The van der Waals surface area contributed by atoms with Gasteiger partial charge in [-0.25, -0.2) is 0 Å². The van der Waals surface area contributed by atoms with Gasteiger partial charge in [0.05, 0.1) is 18.4 Å². The molecular weight excluding hydrogens is 400 g/mol. The van der Waals surface area contributed by atoms with Crippen LogP contribution < -0.4 is 15.2 Å². The minimum Gasteiger partial charge on any atom is -0.497 e. The van der Waals surface area contributed by atoms with Crippen molar-refractivity contribution in [3.05, 3.63) is 100 Å². The minimum absolute atomic E-state index is 0.138. The molecule has 0 fully saturated rings. The van der Waals surface area contributed by atoms with Gasteiger partial charge in [0.2, 0.25) is 0 Å². The molecule has 0 atom stereocenters. The van der Waals surface area contributed by atoms with Gasteiger partial charge in [0.1, 0.15) is 5.75 Å². The van der Waals surface area contributed by atoms with Crippen molar-refractivity contribution < 1.29 is 9.53 Å². The number of carbonyl (C=O) groups is 1. The molecule has 0 radical (unpaired) electrons. The number of pyridine rings is 1. The highest BCUT2D eigenvalue weighted by molar-refractivity contribution is 6.14. The van der Waals surface area contributed by atoms with Gasteiger partial charge in [-0.3, -0.25) is 14.2 Å². The van der Waals surface area contributed by atoms with E-state index in [1.54, 1.807) is 30.3 Å². The maximum Gasteiger partial charge on any atom is 0.262 e. The predicted octanol–water partition coefficient (Wildman–Crippen LogP) is 5.23. The van der Waals surface area contributed by atoms with E-state index in [0.29, 0.717) is 34.3 Å². The summed E-state index contributed by atoms with van der Waals surface area (Å²) in [5.41, 5.74) is 2.95. The molecule has 3 aromatic carbocycles. The second-order valence-corrected chi connectivity index (χ2v) is 7.50. The number of aryl methyl sites for hydroxylation is 1. The average molecular weight is 427 g/mol. The van der Waals surface area contributed by atoms with Crippen LogP contribution in [-0.2, 0) is 6.42 Å². The summed E-state index contributed by atoms with van der Waals surface area (Å²) >= 11 is 0. The molecule has 0 spiro atoms. The molecule has 0 saturated heterocycles. The number of nitrogens with zero attached hydrogens (tertiary/aromatic N) is 2. The van der Waals surface area contributed by atoms with Crippen LogP contribution in [-0.4, -0.2) is 24.1 Å². The molecule has 4 aromatic rings. The third kappa shape index (κ3) is 3.78. The number of amides is 1. The molecule has 4 rings (SSSR count). The maximum atomic E-state index is 13.9. The van der Waals surface area contributed by atoms with Crippen molar-refractivity contribution in [2.75, 3.05) is 18.6 Å². The molecule has 0 unspecified atom stereocenters. The fourth-order valence-electron chi connectivity index (χ4n) is 4.06. The molecule has 5 nitrogen and oxygen atoms in total. The standard InChI is InChI=1S/C27H26N2O3/c1-4-19-11-6-9-16-25(19)28(5-2)27(31)24-18-29(20-12-10-13-21(17-20)32-3)26(30)23-15-8-7-14-22(23)24/h6-18H,4-5H2,1-3H3. The first kappa shape index (κ1) is 21.4. The number of anilines is 1. The number of fused-ring (bicyclic) bond motifs is 1. The van der Waals surface area contributed by atoms with E-state index < -0.39 is 0 Å². The molecule has 162 valence electrons. The largest absolute Gasteiger partial charge is 0.497 e. The van der Waals surface area contributed by atoms with Crippen LogP contribution in [0.3, 0.4) is 0 Å². The third-order valence-electron chi connectivity index (χ3n) is 5.71. The van der Waals surface area contributed by atoms with E-state index in [-0.39, 0.29) is 11.5 Å². The number of hydrogen-bond acceptors (Lipinski definition) is 3. The van der Waals surface area contributed by atoms with Crippen molar-refractivity contribution in [2.24, 2.45) is 0 Å². The third-order valence-corrected chi connectivity index (χ3v) is 5.71. The number of methoxy groups -OCH3 is 1. The molecule has 0 saturated carbocycles. The highest BCUT2D eigenvalue weighted by Gasteiger charge is 2.22. The first-order chi connectivity index (χ1) is 15.6. The smallest absolute Gasteiger partial charge is 0.262 e. The second-order valence-electron chi connectivity index (χ2n) is 7.50. The summed E-state index contributed by atoms with van der Waals surface area (Å²) in [5, 5.41) is 1.15. The summed E-state index contributed by atoms with van der Waals surface area (Å²) in [4.78, 5) is 29.0. The van der Waals surface area contributed by atoms with Crippen LogP contribution in [0.4, 0.5) is 5.69 Å². The van der Waals surface area contributed by atoms with Gasteiger partial charge in [0.25, 0.3) is 11.5 Å². The van der Waals surface area contributed by atoms with E-state index in [1.165, 1.54) is 4.57 Å². The normalized spacial score (nSPS) is 10.8. The Morgan fingerprint density at radius 2 is 1.66 bits per heavy atom. The van der Waals surface area contributed by atoms with Gasteiger partial charge in [-0.15, -0.1) is 0 Å². The Morgan fingerprint density at radius 3 is 2.38 bits per heavy atom. The highest BCUT2D eigenvalue weighted by Crippen LogP contribution is 2.26. The lowest BCUT2D eigenvalue weighted by atomic mass is 10.0. The van der Waals surface area contributed by atoms with Gasteiger partial charge in [0.15, 0.2) is 0 Å². The first-order valence-corrected chi connectivity index (χ1v) is 10.8. The van der Waals surface area contributed by atoms with Crippen molar-refractivity contribution in [1.82, 2.24) is 4.57 Å². The fourth-order valence-corrected chi connectivity index (χ4v) is 4.06. The summed E-state index contributed by atoms with van der Waals surface area (Å²) in [6, 6.07) is 22.5. The van der Waals surface area contributed by atoms with Crippen molar-refractivity contribution in [3.63, 3.8) is 0 Å². The zero-order valence-corrected chi connectivity index (χ0v) is 18.5. The number of benzene rings is 3. The number of ether oxygens (including phenoxy) is 1. The molecule has 0 aliphatic carbocycles. The Hall–Kier alpha value is -3.86. The summed E-state index contributed by atoms with van der Waals surface area (Å²) in [5.74, 6) is 0.503. The van der Waals surface area contributed by atoms with E-state index in [1.807, 2.05) is 67.6 Å². The molecular formula is C27H26N2O3. The molecule has 0 aliphatic rings. The average Bonchev–Trinajstić information content (AvgIpc) is 2.85. The van der Waals surface area contributed by atoms with Crippen LogP contribution in [0.25, 0.3) is 16.5 Å². The second kappa shape index (κ2) is 9.10. The van der Waals surface area contributed by atoms with E-state index >= 15 is 0 Å². The zero-order chi connectivity index (χ0) is 22.7. The minimum atomic E-state index is -0.178. The van der Waals surface area contributed by atoms with E-state index in [4.69, 9.17) is 4.74 Å². The molecule has 5 heteroatoms. The molecule has 1 aromatic heterocycles. The number of rotatable bonds is 6. The summed E-state index contributed by atoms with van der Waals surface area (Å²) in [6.07, 6.45) is 2.48. The molecule has 1 amide bonds. The van der Waals surface area contributed by atoms with Crippen molar-refractivity contribution in [2.45, 2.75) is 20.3 Å². The van der Waals surface area contributed by atoms with Gasteiger partial charge in [-0.1, -0.05) is 49.4 Å². The van der Waals surface area contributed by atoms with Gasteiger partial charge in [-0.05, 0) is 43.2 Å². The lowest BCUT2D eigenvalue weighted by molar-refractivity contribution is 0.0989. The Balaban J connectivity index is 1.94. The number of para-hydroxylation sites is 1. The van der Waals surface area contributed by atoms with Crippen LogP contribution in [0.2, 0.25) is 0 Å². The quantitative estimate of drug-likeness (QED) is 0.424. The van der Waals surface area contributed by atoms with Crippen LogP contribution in [0.5, 0.6) is 5.75 Å². The van der Waals surface area contributed by atoms with Gasteiger partial charge < -0.3 is 9.64 Å². The SMILES string of the molecule is CCc1ccccc1N(CC)C(=O)c1cn(-c2cccc(OC)c2)c(=O)c2ccccc12. The molecule has 0 bridgehead atoms. The lowest BCUT2D eigenvalue weighted by Gasteiger charge is -2.25. The summed E-state index contributed by atoms with van der Waals surface area (Å²) < 4.78 is 6.86. The van der Waals surface area contributed by atoms with E-state index in [2.05, 4.69) is 6.92 Å². The fraction of sp³-hybridized carbons (Fsp3) is 0.185. The van der Waals surface area contributed by atoms with Gasteiger partial charge in [0, 0.05) is 35.3 Å². The summed E-state index contributed by atoms with van der Waals surface area (Å²) in [6.45, 7) is 4.56. The van der Waals surface area contributed by atoms with Crippen molar-refractivity contribution >= 4 is 22.4 Å². The molecule has 32 heavy (non-hydrogen) atoms. The van der Waals surface area contributed by atoms with Crippen LogP contribution in [0.1, 0.15) is 29.8 Å².